The fraction of sp³-hybridized carbons (Fsp3) is 0.400. The molecule has 2 aromatic carbocycles. The molecule has 0 aliphatic carbocycles. The molecule has 7 heteroatoms. The summed E-state index contributed by atoms with van der Waals surface area (Å²) in [6.45, 7) is 6.72. The van der Waals surface area contributed by atoms with Crippen LogP contribution in [0, 0.1) is 0 Å². The van der Waals surface area contributed by atoms with Gasteiger partial charge >= 0.3 is 6.18 Å². The van der Waals surface area contributed by atoms with Crippen LogP contribution in [0.4, 0.5) is 13.2 Å². The second kappa shape index (κ2) is 10.7. The molecule has 3 rings (SSSR count). The van der Waals surface area contributed by atoms with Gasteiger partial charge in [0.15, 0.2) is 0 Å². The maximum absolute atomic E-state index is 13.2. The Kier molecular flexibility index (Phi) is 8.17. The van der Waals surface area contributed by atoms with E-state index >= 15 is 0 Å². The number of piperidine rings is 1. The number of halogens is 4. The molecule has 1 amide bonds. The Bertz CT molecular complexity index is 933. The Morgan fingerprint density at radius 1 is 1.16 bits per heavy atom. The molecule has 0 saturated carbocycles. The predicted molar refractivity (Wildman–Crippen MR) is 125 cm³/mol. The van der Waals surface area contributed by atoms with Crippen molar-refractivity contribution in [2.24, 2.45) is 0 Å². The monoisotopic (exact) mass is 508 g/mol. The van der Waals surface area contributed by atoms with Crippen LogP contribution in [0.5, 0.6) is 0 Å². The molecule has 2 aromatic rings. The number of hydrogen-bond acceptors (Lipinski definition) is 2. The molecule has 0 radical (unpaired) electrons. The molecule has 3 nitrogen and oxygen atoms in total. The molecule has 0 spiro atoms. The number of hydrogen-bond donors (Lipinski definition) is 0. The molecule has 172 valence electrons. The van der Waals surface area contributed by atoms with Gasteiger partial charge < -0.3 is 9.80 Å². The number of amides is 1. The topological polar surface area (TPSA) is 23.6 Å². The minimum absolute atomic E-state index is 0.119. The van der Waals surface area contributed by atoms with Gasteiger partial charge in [-0.05, 0) is 68.2 Å². The summed E-state index contributed by atoms with van der Waals surface area (Å²) in [7, 11) is 0. The first-order valence-corrected chi connectivity index (χ1v) is 11.6. The van der Waals surface area contributed by atoms with Crippen molar-refractivity contribution in [1.82, 2.24) is 9.80 Å². The lowest BCUT2D eigenvalue weighted by atomic mass is 10.0. The van der Waals surface area contributed by atoms with Gasteiger partial charge in [-0.1, -0.05) is 40.2 Å². The Hall–Kier alpha value is -2.12. The van der Waals surface area contributed by atoms with Crippen molar-refractivity contribution in [2.45, 2.75) is 51.5 Å². The molecule has 0 atom stereocenters. The van der Waals surface area contributed by atoms with E-state index in [2.05, 4.69) is 34.7 Å². The highest BCUT2D eigenvalue weighted by molar-refractivity contribution is 9.10. The second-order valence-electron chi connectivity index (χ2n) is 8.41. The van der Waals surface area contributed by atoms with E-state index in [9.17, 15) is 18.0 Å². The number of carbonyl (C=O) groups excluding carboxylic acids is 1. The number of nitrogens with zero attached hydrogens (tertiary/aromatic N) is 2. The smallest absolute Gasteiger partial charge is 0.332 e. The van der Waals surface area contributed by atoms with Crippen LogP contribution in [0.3, 0.4) is 0 Å². The first-order valence-electron chi connectivity index (χ1n) is 10.8. The third-order valence-corrected chi connectivity index (χ3v) is 6.34. The molecule has 1 heterocycles. The summed E-state index contributed by atoms with van der Waals surface area (Å²) in [5.74, 6) is -0.132. The lowest BCUT2D eigenvalue weighted by Crippen LogP contribution is -2.48. The average Bonchev–Trinajstić information content (AvgIpc) is 2.75. The maximum Gasteiger partial charge on any atom is 0.416 e. The zero-order chi connectivity index (χ0) is 23.3. The molecule has 1 saturated heterocycles. The molecule has 0 N–H and O–H groups in total. The molecule has 1 aliphatic rings. The van der Waals surface area contributed by atoms with Crippen LogP contribution >= 0.6 is 15.9 Å². The summed E-state index contributed by atoms with van der Waals surface area (Å²) in [4.78, 5) is 17.5. The molecule has 32 heavy (non-hydrogen) atoms. The van der Waals surface area contributed by atoms with Gasteiger partial charge in [-0.15, -0.1) is 0 Å². The standard InChI is InChI=1S/C25H28BrF3N2O/c1-18(2)30-14-12-23(13-15-30)31(17-20-4-3-5-22(26)16-20)24(32)11-8-19-6-9-21(10-7-19)25(27,28)29/h3-11,16,18,23H,12-15,17H2,1-2H3/b11-8+. The molecule has 1 fully saturated rings. The molecule has 0 aromatic heterocycles. The SMILES string of the molecule is CC(C)N1CCC(N(Cc2cccc(Br)c2)C(=O)/C=C/c2ccc(C(F)(F)F)cc2)CC1. The van der Waals surface area contributed by atoms with E-state index in [0.29, 0.717) is 18.2 Å². The van der Waals surface area contributed by atoms with E-state index in [1.807, 2.05) is 29.2 Å². The van der Waals surface area contributed by atoms with Gasteiger partial charge in [-0.2, -0.15) is 13.2 Å². The van der Waals surface area contributed by atoms with E-state index in [4.69, 9.17) is 0 Å². The number of benzene rings is 2. The van der Waals surface area contributed by atoms with Crippen LogP contribution < -0.4 is 0 Å². The maximum atomic E-state index is 13.2. The highest BCUT2D eigenvalue weighted by Gasteiger charge is 2.30. The summed E-state index contributed by atoms with van der Waals surface area (Å²) < 4.78 is 39.3. The minimum atomic E-state index is -4.37. The first-order chi connectivity index (χ1) is 15.1. The molecule has 0 bridgehead atoms. The third kappa shape index (κ3) is 6.69. The summed E-state index contributed by atoms with van der Waals surface area (Å²) in [5, 5.41) is 0. The van der Waals surface area contributed by atoms with Gasteiger partial charge in [-0.25, -0.2) is 0 Å². The van der Waals surface area contributed by atoms with E-state index in [0.717, 1.165) is 48.1 Å². The summed E-state index contributed by atoms with van der Waals surface area (Å²) in [6, 6.07) is 13.3. The Labute approximate surface area is 196 Å². The molecule has 1 aliphatic heterocycles. The summed E-state index contributed by atoms with van der Waals surface area (Å²) in [5.41, 5.74) is 0.888. The summed E-state index contributed by atoms with van der Waals surface area (Å²) >= 11 is 3.49. The number of rotatable bonds is 6. The highest BCUT2D eigenvalue weighted by atomic mass is 79.9. The van der Waals surface area contributed by atoms with E-state index in [1.165, 1.54) is 18.2 Å². The average molecular weight is 509 g/mol. The second-order valence-corrected chi connectivity index (χ2v) is 9.33. The normalized spacial score (nSPS) is 16.1. The Balaban J connectivity index is 1.76. The van der Waals surface area contributed by atoms with Gasteiger partial charge in [0.05, 0.1) is 5.56 Å². The van der Waals surface area contributed by atoms with Gasteiger partial charge in [0.2, 0.25) is 5.91 Å². The molecular formula is C25H28BrF3N2O. The molecular weight excluding hydrogens is 481 g/mol. The van der Waals surface area contributed by atoms with E-state index < -0.39 is 11.7 Å². The van der Waals surface area contributed by atoms with Gasteiger partial charge in [-0.3, -0.25) is 4.79 Å². The van der Waals surface area contributed by atoms with Crippen LogP contribution in [-0.2, 0) is 17.5 Å². The zero-order valence-electron chi connectivity index (χ0n) is 18.3. The van der Waals surface area contributed by atoms with Crippen molar-refractivity contribution in [3.8, 4) is 0 Å². The van der Waals surface area contributed by atoms with Crippen molar-refractivity contribution in [3.63, 3.8) is 0 Å². The zero-order valence-corrected chi connectivity index (χ0v) is 19.9. The highest BCUT2D eigenvalue weighted by Crippen LogP contribution is 2.29. The Morgan fingerprint density at radius 3 is 2.38 bits per heavy atom. The first kappa shape index (κ1) is 24.5. The van der Waals surface area contributed by atoms with Crippen molar-refractivity contribution in [1.29, 1.82) is 0 Å². The van der Waals surface area contributed by atoms with Crippen molar-refractivity contribution in [2.75, 3.05) is 13.1 Å². The van der Waals surface area contributed by atoms with Gasteiger partial charge in [0.1, 0.15) is 0 Å². The quantitative estimate of drug-likeness (QED) is 0.422. The van der Waals surface area contributed by atoms with Crippen LogP contribution in [0.2, 0.25) is 0 Å². The largest absolute Gasteiger partial charge is 0.416 e. The fourth-order valence-electron chi connectivity index (χ4n) is 3.98. The van der Waals surface area contributed by atoms with Crippen molar-refractivity contribution >= 4 is 27.9 Å². The van der Waals surface area contributed by atoms with Crippen LogP contribution in [0.15, 0.2) is 59.1 Å². The number of alkyl halides is 3. The minimum Gasteiger partial charge on any atom is -0.332 e. The van der Waals surface area contributed by atoms with Gasteiger partial charge in [0.25, 0.3) is 0 Å². The third-order valence-electron chi connectivity index (χ3n) is 5.85. The molecule has 0 unspecified atom stereocenters. The predicted octanol–water partition coefficient (Wildman–Crippen LogP) is 6.38. The van der Waals surface area contributed by atoms with Crippen molar-refractivity contribution in [3.05, 3.63) is 75.8 Å². The van der Waals surface area contributed by atoms with E-state index in [-0.39, 0.29) is 11.9 Å². The lowest BCUT2D eigenvalue weighted by Gasteiger charge is -2.39. The van der Waals surface area contributed by atoms with Crippen molar-refractivity contribution < 1.29 is 18.0 Å². The van der Waals surface area contributed by atoms with Crippen LogP contribution in [0.25, 0.3) is 6.08 Å². The number of carbonyl (C=O) groups is 1. The van der Waals surface area contributed by atoms with Crippen LogP contribution in [-0.4, -0.2) is 40.9 Å². The number of likely N-dealkylation sites (tertiary alicyclic amines) is 1. The summed E-state index contributed by atoms with van der Waals surface area (Å²) in [6.07, 6.45) is 0.469. The fourth-order valence-corrected chi connectivity index (χ4v) is 4.43. The van der Waals surface area contributed by atoms with Gasteiger partial charge in [0, 0.05) is 42.3 Å². The van der Waals surface area contributed by atoms with E-state index in [1.54, 1.807) is 6.08 Å². The lowest BCUT2D eigenvalue weighted by molar-refractivity contribution is -0.137. The Morgan fingerprint density at radius 2 is 1.81 bits per heavy atom. The van der Waals surface area contributed by atoms with Crippen LogP contribution in [0.1, 0.15) is 43.4 Å².